The maximum Gasteiger partial charge on any atom is 0.238 e. The summed E-state index contributed by atoms with van der Waals surface area (Å²) in [5.41, 5.74) is 2.02. The number of halogens is 1. The number of hydrogen-bond acceptors (Lipinski definition) is 5. The van der Waals surface area contributed by atoms with Crippen LogP contribution in [0.1, 0.15) is 43.4 Å². The molecule has 1 saturated heterocycles. The van der Waals surface area contributed by atoms with Crippen LogP contribution in [-0.2, 0) is 10.2 Å². The van der Waals surface area contributed by atoms with Gasteiger partial charge in [-0.25, -0.2) is 4.39 Å². The number of amides is 1. The van der Waals surface area contributed by atoms with Crippen molar-refractivity contribution in [1.29, 1.82) is 0 Å². The molecule has 4 aromatic carbocycles. The maximum atomic E-state index is 15.1. The van der Waals surface area contributed by atoms with Crippen LogP contribution in [0.25, 0.3) is 6.08 Å². The van der Waals surface area contributed by atoms with E-state index in [-0.39, 0.29) is 29.4 Å². The summed E-state index contributed by atoms with van der Waals surface area (Å²) in [7, 11) is 0. The number of carbonyl (C=O) groups is 3. The monoisotopic (exact) mass is 570 g/mol. The molecule has 0 aliphatic carbocycles. The lowest BCUT2D eigenvalue weighted by Crippen LogP contribution is -2.49. The van der Waals surface area contributed by atoms with Gasteiger partial charge >= 0.3 is 0 Å². The first-order valence-corrected chi connectivity index (χ1v) is 14.1. The minimum Gasteiger partial charge on any atom is -0.489 e. The third kappa shape index (κ3) is 3.88. The van der Waals surface area contributed by atoms with E-state index in [9.17, 15) is 14.0 Å². The highest BCUT2D eigenvalue weighted by molar-refractivity contribution is 6.17. The summed E-state index contributed by atoms with van der Waals surface area (Å²) in [6.07, 6.45) is 5.29. The van der Waals surface area contributed by atoms with Gasteiger partial charge in [-0.1, -0.05) is 67.3 Å². The number of fused-ring (bicyclic) bond motifs is 6. The summed E-state index contributed by atoms with van der Waals surface area (Å²) < 4.78 is 19.8. The molecule has 0 saturated carbocycles. The molecule has 4 aromatic rings. The first-order valence-electron chi connectivity index (χ1n) is 14.1. The van der Waals surface area contributed by atoms with Crippen LogP contribution >= 0.6 is 0 Å². The van der Waals surface area contributed by atoms with E-state index < -0.39 is 35.0 Å². The Morgan fingerprint density at radius 3 is 2.47 bits per heavy atom. The molecule has 1 spiro atoms. The lowest BCUT2D eigenvalue weighted by atomic mass is 9.62. The number of carbonyl (C=O) groups excluding carboxylic acids is 3. The second-order valence-electron chi connectivity index (χ2n) is 10.9. The zero-order valence-electron chi connectivity index (χ0n) is 23.1. The van der Waals surface area contributed by atoms with E-state index in [1.807, 2.05) is 65.7 Å². The second-order valence-corrected chi connectivity index (χ2v) is 10.9. The first-order chi connectivity index (χ1) is 21.0. The minimum atomic E-state index is -1.47. The Hall–Kier alpha value is -5.30. The molecule has 7 heteroatoms. The van der Waals surface area contributed by atoms with Gasteiger partial charge in [0, 0.05) is 17.5 Å². The van der Waals surface area contributed by atoms with Crippen molar-refractivity contribution in [3.05, 3.63) is 150 Å². The highest BCUT2D eigenvalue weighted by Gasteiger charge is 2.70. The zero-order chi connectivity index (χ0) is 29.7. The smallest absolute Gasteiger partial charge is 0.238 e. The van der Waals surface area contributed by atoms with Gasteiger partial charge in [0.25, 0.3) is 0 Å². The summed E-state index contributed by atoms with van der Waals surface area (Å²) in [5.74, 6) is -2.44. The quantitative estimate of drug-likeness (QED) is 0.206. The number of hydrogen-bond donors (Lipinski definition) is 1. The summed E-state index contributed by atoms with van der Waals surface area (Å²) in [6, 6.07) is 25.4. The van der Waals surface area contributed by atoms with Gasteiger partial charge in [0.2, 0.25) is 5.91 Å². The van der Waals surface area contributed by atoms with Crippen molar-refractivity contribution in [2.75, 3.05) is 11.9 Å². The zero-order valence-corrected chi connectivity index (χ0v) is 23.1. The van der Waals surface area contributed by atoms with Crippen LogP contribution in [0.15, 0.2) is 116 Å². The highest BCUT2D eigenvalue weighted by atomic mass is 19.1. The Balaban J connectivity index is 1.52. The van der Waals surface area contributed by atoms with Crippen molar-refractivity contribution in [3.8, 4) is 5.75 Å². The van der Waals surface area contributed by atoms with Crippen molar-refractivity contribution in [3.63, 3.8) is 0 Å². The molecule has 3 aliphatic heterocycles. The average molecular weight is 571 g/mol. The predicted octanol–water partition coefficient (Wildman–Crippen LogP) is 6.37. The SMILES string of the molecule is C=CCOc1ccccc1C(=O)[C@H]1[C@@H](C(=O)c2ccc(F)cc2)N2C=Cc3ccccc3[C@@H]2[C@]12C(=O)Nc1ccccc12. The highest BCUT2D eigenvalue weighted by Crippen LogP contribution is 2.62. The number of anilines is 1. The molecular formula is C36H27FN2O4. The number of nitrogens with zero attached hydrogens (tertiary/aromatic N) is 1. The molecule has 3 heterocycles. The Kier molecular flexibility index (Phi) is 6.31. The number of rotatable bonds is 7. The summed E-state index contributed by atoms with van der Waals surface area (Å²) in [5, 5.41) is 3.04. The summed E-state index contributed by atoms with van der Waals surface area (Å²) >= 11 is 0. The number of para-hydroxylation sites is 2. The van der Waals surface area contributed by atoms with Crippen LogP contribution in [0.3, 0.4) is 0 Å². The minimum absolute atomic E-state index is 0.173. The number of Topliss-reactive ketones (excluding diaryl/α,β-unsaturated/α-hetero) is 2. The van der Waals surface area contributed by atoms with Gasteiger partial charge in [-0.05, 0) is 65.2 Å². The number of benzene rings is 4. The Morgan fingerprint density at radius 1 is 0.930 bits per heavy atom. The lowest BCUT2D eigenvalue weighted by molar-refractivity contribution is -0.122. The molecule has 7 rings (SSSR count). The fourth-order valence-electron chi connectivity index (χ4n) is 7.06. The fraction of sp³-hybridized carbons (Fsp3) is 0.139. The molecule has 0 unspecified atom stereocenters. The standard InChI is InChI=1S/C36H27FN2O4/c1-2-21-43-29-14-8-5-11-26(29)33(41)30-31(32(40)23-15-17-24(37)18-16-23)39-20-19-22-9-3-4-10-25(22)34(39)36(30)27-12-6-7-13-28(27)38-35(36)42/h2-20,30-31,34H,1,21H2,(H,38,42)/t30-,31+,34-,36-/m1/s1. The summed E-state index contributed by atoms with van der Waals surface area (Å²) in [4.78, 5) is 46.0. The molecule has 1 fully saturated rings. The van der Waals surface area contributed by atoms with E-state index >= 15 is 4.79 Å². The van der Waals surface area contributed by atoms with E-state index in [2.05, 4.69) is 11.9 Å². The van der Waals surface area contributed by atoms with Crippen molar-refractivity contribution in [1.82, 2.24) is 4.90 Å². The Labute approximate surface area is 248 Å². The van der Waals surface area contributed by atoms with Crippen molar-refractivity contribution >= 4 is 29.2 Å². The van der Waals surface area contributed by atoms with Gasteiger partial charge < -0.3 is 15.0 Å². The Morgan fingerprint density at radius 2 is 1.65 bits per heavy atom. The third-order valence-electron chi connectivity index (χ3n) is 8.76. The van der Waals surface area contributed by atoms with Crippen LogP contribution in [0.2, 0.25) is 0 Å². The maximum absolute atomic E-state index is 15.1. The van der Waals surface area contributed by atoms with Gasteiger partial charge in [-0.3, -0.25) is 14.4 Å². The molecule has 1 amide bonds. The molecule has 43 heavy (non-hydrogen) atoms. The molecular weight excluding hydrogens is 543 g/mol. The number of nitrogens with one attached hydrogen (secondary N) is 1. The number of ketones is 2. The van der Waals surface area contributed by atoms with Gasteiger partial charge in [-0.15, -0.1) is 0 Å². The molecule has 212 valence electrons. The van der Waals surface area contributed by atoms with Crippen molar-refractivity contribution in [2.45, 2.75) is 17.5 Å². The van der Waals surface area contributed by atoms with E-state index in [1.54, 1.807) is 30.3 Å². The van der Waals surface area contributed by atoms with Gasteiger partial charge in [-0.2, -0.15) is 0 Å². The first kappa shape index (κ1) is 26.6. The largest absolute Gasteiger partial charge is 0.489 e. The van der Waals surface area contributed by atoms with Gasteiger partial charge in [0.15, 0.2) is 11.6 Å². The van der Waals surface area contributed by atoms with Crippen molar-refractivity contribution < 1.29 is 23.5 Å². The second kappa shape index (κ2) is 10.2. The lowest BCUT2D eigenvalue weighted by Gasteiger charge is -2.38. The van der Waals surface area contributed by atoms with E-state index in [0.29, 0.717) is 17.0 Å². The molecule has 0 bridgehead atoms. The molecule has 4 atom stereocenters. The van der Waals surface area contributed by atoms with Crippen LogP contribution in [0.5, 0.6) is 5.75 Å². The van der Waals surface area contributed by atoms with E-state index in [4.69, 9.17) is 4.74 Å². The van der Waals surface area contributed by atoms with E-state index in [0.717, 1.165) is 11.1 Å². The number of ether oxygens (including phenoxy) is 1. The fourth-order valence-corrected chi connectivity index (χ4v) is 7.06. The summed E-state index contributed by atoms with van der Waals surface area (Å²) in [6.45, 7) is 3.89. The van der Waals surface area contributed by atoms with Crippen LogP contribution < -0.4 is 10.1 Å². The van der Waals surface area contributed by atoms with Crippen LogP contribution in [0.4, 0.5) is 10.1 Å². The normalized spacial score (nSPS) is 22.9. The molecule has 3 aliphatic rings. The topological polar surface area (TPSA) is 75.7 Å². The van der Waals surface area contributed by atoms with Crippen LogP contribution in [-0.4, -0.2) is 35.0 Å². The van der Waals surface area contributed by atoms with Crippen LogP contribution in [0, 0.1) is 11.7 Å². The molecule has 6 nitrogen and oxygen atoms in total. The van der Waals surface area contributed by atoms with Crippen molar-refractivity contribution in [2.24, 2.45) is 5.92 Å². The van der Waals surface area contributed by atoms with Gasteiger partial charge in [0.05, 0.1) is 17.5 Å². The molecule has 1 N–H and O–H groups in total. The molecule has 0 aromatic heterocycles. The Bertz CT molecular complexity index is 1830. The van der Waals surface area contributed by atoms with E-state index in [1.165, 1.54) is 24.3 Å². The predicted molar refractivity (Wildman–Crippen MR) is 161 cm³/mol. The van der Waals surface area contributed by atoms with Gasteiger partial charge in [0.1, 0.15) is 29.6 Å². The average Bonchev–Trinajstić information content (AvgIpc) is 3.52. The third-order valence-corrected chi connectivity index (χ3v) is 8.76. The molecule has 0 radical (unpaired) electrons.